The van der Waals surface area contributed by atoms with Crippen LogP contribution in [0.5, 0.6) is 0 Å². The highest BCUT2D eigenvalue weighted by Crippen LogP contribution is 2.25. The molecule has 0 aliphatic carbocycles. The number of thiazole rings is 1. The van der Waals surface area contributed by atoms with E-state index in [1.54, 1.807) is 28.9 Å². The summed E-state index contributed by atoms with van der Waals surface area (Å²) < 4.78 is 2.26. The minimum atomic E-state index is 0.808. The van der Waals surface area contributed by atoms with Crippen molar-refractivity contribution in [2.75, 3.05) is 5.43 Å². The maximum atomic E-state index is 4.44. The number of para-hydroxylation sites is 1. The van der Waals surface area contributed by atoms with Crippen molar-refractivity contribution < 1.29 is 0 Å². The highest BCUT2D eigenvalue weighted by Gasteiger charge is 2.00. The van der Waals surface area contributed by atoms with Crippen LogP contribution >= 0.6 is 38.6 Å². The number of halogens is 1. The number of thiophene rings is 1. The molecule has 6 heteroatoms. The zero-order valence-electron chi connectivity index (χ0n) is 9.13. The fourth-order valence-corrected chi connectivity index (χ4v) is 3.58. The van der Waals surface area contributed by atoms with Gasteiger partial charge in [-0.15, -0.1) is 11.3 Å². The second-order valence-electron chi connectivity index (χ2n) is 3.50. The molecule has 0 amide bonds. The molecule has 0 saturated carbocycles. The van der Waals surface area contributed by atoms with Crippen molar-refractivity contribution in [1.82, 2.24) is 4.98 Å². The van der Waals surface area contributed by atoms with Crippen molar-refractivity contribution in [3.63, 3.8) is 0 Å². The number of benzene rings is 1. The summed E-state index contributed by atoms with van der Waals surface area (Å²) in [5.74, 6) is 0. The summed E-state index contributed by atoms with van der Waals surface area (Å²) >= 11 is 6.65. The van der Waals surface area contributed by atoms with Crippen molar-refractivity contribution in [2.24, 2.45) is 5.10 Å². The molecule has 18 heavy (non-hydrogen) atoms. The van der Waals surface area contributed by atoms with Gasteiger partial charge in [0.1, 0.15) is 0 Å². The van der Waals surface area contributed by atoms with E-state index in [9.17, 15) is 0 Å². The normalized spacial score (nSPS) is 11.4. The van der Waals surface area contributed by atoms with Crippen LogP contribution in [0.25, 0.3) is 10.2 Å². The predicted molar refractivity (Wildman–Crippen MR) is 82.9 cm³/mol. The highest BCUT2D eigenvalue weighted by molar-refractivity contribution is 9.11. The summed E-state index contributed by atoms with van der Waals surface area (Å²) in [4.78, 5) is 5.53. The Labute approximate surface area is 120 Å². The number of nitrogens with one attached hydrogen (secondary N) is 1. The number of hydrazone groups is 1. The molecule has 3 rings (SSSR count). The second-order valence-corrected chi connectivity index (χ2v) is 7.02. The number of aromatic nitrogens is 1. The van der Waals surface area contributed by atoms with Gasteiger partial charge in [0.25, 0.3) is 0 Å². The fourth-order valence-electron chi connectivity index (χ4n) is 1.47. The van der Waals surface area contributed by atoms with E-state index in [0.29, 0.717) is 0 Å². The van der Waals surface area contributed by atoms with Crippen LogP contribution in [0.2, 0.25) is 0 Å². The fraction of sp³-hybridized carbons (Fsp3) is 0. The molecule has 0 radical (unpaired) electrons. The Kier molecular flexibility index (Phi) is 3.40. The van der Waals surface area contributed by atoms with E-state index in [1.807, 2.05) is 30.3 Å². The predicted octanol–water partition coefficient (Wildman–Crippen LogP) is 4.57. The first-order valence-electron chi connectivity index (χ1n) is 5.21. The molecule has 0 bridgehead atoms. The van der Waals surface area contributed by atoms with Crippen molar-refractivity contribution in [3.05, 3.63) is 45.1 Å². The van der Waals surface area contributed by atoms with Gasteiger partial charge in [0, 0.05) is 4.88 Å². The molecule has 90 valence electrons. The van der Waals surface area contributed by atoms with Crippen LogP contribution in [0.15, 0.2) is 45.3 Å². The molecular weight excluding hydrogens is 330 g/mol. The molecule has 0 spiro atoms. The molecule has 0 aliphatic heterocycles. The van der Waals surface area contributed by atoms with Gasteiger partial charge >= 0.3 is 0 Å². The molecule has 0 saturated heterocycles. The lowest BCUT2D eigenvalue weighted by Crippen LogP contribution is -1.87. The van der Waals surface area contributed by atoms with Gasteiger partial charge in [0.15, 0.2) is 0 Å². The van der Waals surface area contributed by atoms with Crippen LogP contribution in [0.3, 0.4) is 0 Å². The lowest BCUT2D eigenvalue weighted by molar-refractivity contribution is 1.31. The maximum absolute atomic E-state index is 4.44. The average Bonchev–Trinajstić information content (AvgIpc) is 2.95. The van der Waals surface area contributed by atoms with Crippen LogP contribution in [-0.4, -0.2) is 11.2 Å². The van der Waals surface area contributed by atoms with Crippen LogP contribution in [0.4, 0.5) is 5.13 Å². The number of fused-ring (bicyclic) bond motifs is 1. The molecule has 3 nitrogen and oxygen atoms in total. The van der Waals surface area contributed by atoms with E-state index in [4.69, 9.17) is 0 Å². The summed E-state index contributed by atoms with van der Waals surface area (Å²) in [6, 6.07) is 12.1. The van der Waals surface area contributed by atoms with E-state index in [0.717, 1.165) is 24.0 Å². The Hall–Kier alpha value is -1.24. The Morgan fingerprint density at radius 3 is 2.83 bits per heavy atom. The van der Waals surface area contributed by atoms with Crippen molar-refractivity contribution in [3.8, 4) is 0 Å². The van der Waals surface area contributed by atoms with Gasteiger partial charge in [0.2, 0.25) is 5.13 Å². The molecule has 1 aromatic carbocycles. The quantitative estimate of drug-likeness (QED) is 0.561. The summed E-state index contributed by atoms with van der Waals surface area (Å²) in [5, 5.41) is 4.99. The third-order valence-corrected chi connectivity index (χ3v) is 4.74. The zero-order chi connectivity index (χ0) is 12.4. The highest BCUT2D eigenvalue weighted by atomic mass is 79.9. The standard InChI is InChI=1S/C12H8BrN3S2/c13-11-6-5-8(17-11)7-14-16-12-15-9-3-1-2-4-10(9)18-12/h1-7H,(H,15,16). The monoisotopic (exact) mass is 337 g/mol. The molecule has 3 aromatic rings. The van der Waals surface area contributed by atoms with Crippen LogP contribution in [0.1, 0.15) is 4.88 Å². The van der Waals surface area contributed by atoms with Crippen LogP contribution < -0.4 is 5.43 Å². The molecule has 0 fully saturated rings. The van der Waals surface area contributed by atoms with Gasteiger partial charge in [-0.1, -0.05) is 23.5 Å². The molecular formula is C12H8BrN3S2. The third kappa shape index (κ3) is 2.60. The minimum absolute atomic E-state index is 0.808. The lowest BCUT2D eigenvalue weighted by atomic mass is 10.3. The first-order valence-corrected chi connectivity index (χ1v) is 7.64. The third-order valence-electron chi connectivity index (χ3n) is 2.24. The van der Waals surface area contributed by atoms with Gasteiger partial charge < -0.3 is 0 Å². The van der Waals surface area contributed by atoms with Crippen molar-refractivity contribution in [1.29, 1.82) is 0 Å². The van der Waals surface area contributed by atoms with E-state index in [1.165, 1.54) is 0 Å². The number of rotatable bonds is 3. The number of hydrogen-bond donors (Lipinski definition) is 1. The van der Waals surface area contributed by atoms with Crippen molar-refractivity contribution in [2.45, 2.75) is 0 Å². The maximum Gasteiger partial charge on any atom is 0.204 e. The van der Waals surface area contributed by atoms with Gasteiger partial charge in [0.05, 0.1) is 20.2 Å². The molecule has 0 unspecified atom stereocenters. The van der Waals surface area contributed by atoms with Gasteiger partial charge in [-0.2, -0.15) is 5.10 Å². The van der Waals surface area contributed by atoms with Crippen molar-refractivity contribution >= 4 is 60.2 Å². The molecule has 0 aliphatic rings. The molecule has 1 N–H and O–H groups in total. The Morgan fingerprint density at radius 2 is 2.06 bits per heavy atom. The summed E-state index contributed by atoms with van der Waals surface area (Å²) in [6.07, 6.45) is 1.79. The van der Waals surface area contributed by atoms with Crippen LogP contribution in [-0.2, 0) is 0 Å². The lowest BCUT2D eigenvalue weighted by Gasteiger charge is -1.90. The first kappa shape index (κ1) is 11.8. The Balaban J connectivity index is 1.74. The second kappa shape index (κ2) is 5.17. The number of anilines is 1. The molecule has 2 aromatic heterocycles. The minimum Gasteiger partial charge on any atom is -0.253 e. The van der Waals surface area contributed by atoms with E-state index < -0.39 is 0 Å². The summed E-state index contributed by atoms with van der Waals surface area (Å²) in [5.41, 5.74) is 3.96. The van der Waals surface area contributed by atoms with Crippen LogP contribution in [0, 0.1) is 0 Å². The zero-order valence-corrected chi connectivity index (χ0v) is 12.3. The summed E-state index contributed by atoms with van der Waals surface area (Å²) in [6.45, 7) is 0. The van der Waals surface area contributed by atoms with Gasteiger partial charge in [-0.05, 0) is 40.2 Å². The number of hydrogen-bond acceptors (Lipinski definition) is 5. The SMILES string of the molecule is Brc1ccc(C=NNc2nc3ccccc3s2)s1. The Morgan fingerprint density at radius 1 is 1.17 bits per heavy atom. The molecule has 0 atom stereocenters. The summed E-state index contributed by atoms with van der Waals surface area (Å²) in [7, 11) is 0. The number of nitrogens with zero attached hydrogens (tertiary/aromatic N) is 2. The van der Waals surface area contributed by atoms with E-state index >= 15 is 0 Å². The van der Waals surface area contributed by atoms with E-state index in [2.05, 4.69) is 37.5 Å². The topological polar surface area (TPSA) is 37.3 Å². The Bertz CT molecular complexity index is 669. The average molecular weight is 338 g/mol. The first-order chi connectivity index (χ1) is 8.81. The largest absolute Gasteiger partial charge is 0.253 e. The smallest absolute Gasteiger partial charge is 0.204 e. The molecule has 2 heterocycles. The van der Waals surface area contributed by atoms with Gasteiger partial charge in [-0.25, -0.2) is 4.98 Å². The van der Waals surface area contributed by atoms with E-state index in [-0.39, 0.29) is 0 Å². The van der Waals surface area contributed by atoms with Gasteiger partial charge in [-0.3, -0.25) is 5.43 Å².